The zero-order valence-corrected chi connectivity index (χ0v) is 12.0. The summed E-state index contributed by atoms with van der Waals surface area (Å²) < 4.78 is 5.43. The first-order valence-electron chi connectivity index (χ1n) is 6.23. The van der Waals surface area contributed by atoms with E-state index < -0.39 is 5.97 Å². The summed E-state index contributed by atoms with van der Waals surface area (Å²) in [5.41, 5.74) is 8.31. The molecule has 0 aliphatic heterocycles. The molecular formula is C14H13N3O3S. The molecule has 0 radical (unpaired) electrons. The zero-order valence-electron chi connectivity index (χ0n) is 11.2. The zero-order chi connectivity index (χ0) is 15.0. The Bertz CT molecular complexity index is 822. The fourth-order valence-electron chi connectivity index (χ4n) is 2.04. The molecule has 3 aromatic rings. The second-order valence-electron chi connectivity index (χ2n) is 4.59. The monoisotopic (exact) mass is 303 g/mol. The number of nitrogens with one attached hydrogen (secondary N) is 1. The number of hydrogen-bond acceptors (Lipinski definition) is 5. The Hall–Kier alpha value is -2.41. The van der Waals surface area contributed by atoms with Crippen LogP contribution in [-0.4, -0.2) is 21.0 Å². The number of nitrogen functional groups attached to an aromatic ring is 1. The average Bonchev–Trinajstić information content (AvgIpc) is 2.99. The second-order valence-corrected chi connectivity index (χ2v) is 5.56. The van der Waals surface area contributed by atoms with Crippen LogP contribution in [0.4, 0.5) is 5.69 Å². The molecule has 0 saturated carbocycles. The van der Waals surface area contributed by atoms with Gasteiger partial charge in [0.25, 0.3) is 0 Å². The van der Waals surface area contributed by atoms with Crippen LogP contribution >= 0.6 is 11.8 Å². The Labute approximate surface area is 124 Å². The van der Waals surface area contributed by atoms with Gasteiger partial charge in [-0.3, -0.25) is 0 Å². The maximum absolute atomic E-state index is 11.0. The first-order valence-corrected chi connectivity index (χ1v) is 7.22. The normalized spacial score (nSPS) is 11.1. The molecule has 6 nitrogen and oxygen atoms in total. The molecule has 108 valence electrons. The lowest BCUT2D eigenvalue weighted by Gasteiger charge is -1.93. The van der Waals surface area contributed by atoms with E-state index in [2.05, 4.69) is 9.97 Å². The molecule has 0 aliphatic carbocycles. The Morgan fingerprint density at radius 3 is 3.00 bits per heavy atom. The Balaban J connectivity index is 1.77. The summed E-state index contributed by atoms with van der Waals surface area (Å²) in [5.74, 6) is 0.542. The van der Waals surface area contributed by atoms with Crippen molar-refractivity contribution in [2.24, 2.45) is 0 Å². The van der Waals surface area contributed by atoms with Crippen molar-refractivity contribution in [2.75, 3.05) is 5.73 Å². The highest BCUT2D eigenvalue weighted by molar-refractivity contribution is 7.98. The lowest BCUT2D eigenvalue weighted by molar-refractivity contribution is 0.0695. The Kier molecular flexibility index (Phi) is 3.34. The standard InChI is InChI=1S/C14H13N3O3S/c1-7-10(13(18)19)5-9(20-7)6-21-14-16-11-3-2-8(15)4-12(11)17-14/h2-5H,6,15H2,1H3,(H,16,17)(H,18,19). The van der Waals surface area contributed by atoms with E-state index in [9.17, 15) is 4.79 Å². The van der Waals surface area contributed by atoms with Crippen LogP contribution in [0.5, 0.6) is 0 Å². The summed E-state index contributed by atoms with van der Waals surface area (Å²) in [4.78, 5) is 18.6. The molecule has 2 aromatic heterocycles. The number of H-pyrrole nitrogens is 1. The number of hydrogen-bond donors (Lipinski definition) is 3. The van der Waals surface area contributed by atoms with Gasteiger partial charge in [-0.05, 0) is 31.2 Å². The van der Waals surface area contributed by atoms with Gasteiger partial charge in [0, 0.05) is 5.69 Å². The van der Waals surface area contributed by atoms with Crippen LogP contribution < -0.4 is 5.73 Å². The number of benzene rings is 1. The Morgan fingerprint density at radius 2 is 2.29 bits per heavy atom. The van der Waals surface area contributed by atoms with Gasteiger partial charge in [-0.1, -0.05) is 11.8 Å². The molecule has 1 aromatic carbocycles. The van der Waals surface area contributed by atoms with Crippen LogP contribution in [0.3, 0.4) is 0 Å². The SMILES string of the molecule is Cc1oc(CSc2nc3ccc(N)cc3[nH]2)cc1C(=O)O. The van der Waals surface area contributed by atoms with Gasteiger partial charge in [-0.15, -0.1) is 0 Å². The number of aryl methyl sites for hydroxylation is 1. The number of furan rings is 1. The fraction of sp³-hybridized carbons (Fsp3) is 0.143. The summed E-state index contributed by atoms with van der Waals surface area (Å²) in [6, 6.07) is 7.02. The summed E-state index contributed by atoms with van der Waals surface area (Å²) >= 11 is 1.44. The predicted molar refractivity (Wildman–Crippen MR) is 80.5 cm³/mol. The molecule has 4 N–H and O–H groups in total. The van der Waals surface area contributed by atoms with E-state index in [1.807, 2.05) is 12.1 Å². The lowest BCUT2D eigenvalue weighted by Crippen LogP contribution is -1.94. The van der Waals surface area contributed by atoms with Gasteiger partial charge < -0.3 is 20.2 Å². The molecule has 21 heavy (non-hydrogen) atoms. The number of carboxylic acids is 1. The highest BCUT2D eigenvalue weighted by Gasteiger charge is 2.14. The summed E-state index contributed by atoms with van der Waals surface area (Å²) in [6.45, 7) is 1.64. The van der Waals surface area contributed by atoms with Crippen molar-refractivity contribution in [3.63, 3.8) is 0 Å². The van der Waals surface area contributed by atoms with E-state index in [0.717, 1.165) is 16.2 Å². The molecule has 0 unspecified atom stereocenters. The van der Waals surface area contributed by atoms with Crippen LogP contribution in [0.15, 0.2) is 33.8 Å². The van der Waals surface area contributed by atoms with Crippen LogP contribution in [0.25, 0.3) is 11.0 Å². The van der Waals surface area contributed by atoms with E-state index in [1.54, 1.807) is 19.1 Å². The summed E-state index contributed by atoms with van der Waals surface area (Å²) in [6.07, 6.45) is 0. The molecule has 0 amide bonds. The van der Waals surface area contributed by atoms with Gasteiger partial charge in [0.2, 0.25) is 0 Å². The van der Waals surface area contributed by atoms with Crippen molar-refractivity contribution in [1.29, 1.82) is 0 Å². The number of aromatic carboxylic acids is 1. The van der Waals surface area contributed by atoms with Gasteiger partial charge in [0.1, 0.15) is 17.1 Å². The molecule has 0 saturated heterocycles. The van der Waals surface area contributed by atoms with E-state index in [0.29, 0.717) is 23.0 Å². The van der Waals surface area contributed by atoms with E-state index in [-0.39, 0.29) is 5.56 Å². The molecule has 3 rings (SSSR count). The molecule has 0 aliphatic rings. The van der Waals surface area contributed by atoms with Gasteiger partial charge in [-0.25, -0.2) is 9.78 Å². The maximum atomic E-state index is 11.0. The third kappa shape index (κ3) is 2.73. The third-order valence-electron chi connectivity index (χ3n) is 3.03. The predicted octanol–water partition coefficient (Wildman–Crippen LogP) is 3.04. The largest absolute Gasteiger partial charge is 0.478 e. The minimum Gasteiger partial charge on any atom is -0.478 e. The van der Waals surface area contributed by atoms with E-state index in [4.69, 9.17) is 15.3 Å². The maximum Gasteiger partial charge on any atom is 0.339 e. The second kappa shape index (κ2) is 5.17. The number of aromatic amines is 1. The number of imidazole rings is 1. The molecule has 0 atom stereocenters. The quantitative estimate of drug-likeness (QED) is 0.505. The summed E-state index contributed by atoms with van der Waals surface area (Å²) in [5, 5.41) is 9.73. The molecule has 2 heterocycles. The number of rotatable bonds is 4. The minimum absolute atomic E-state index is 0.197. The molecular weight excluding hydrogens is 290 g/mol. The van der Waals surface area contributed by atoms with E-state index in [1.165, 1.54) is 11.8 Å². The van der Waals surface area contributed by atoms with Gasteiger partial charge in [0.15, 0.2) is 5.16 Å². The van der Waals surface area contributed by atoms with Gasteiger partial charge in [0.05, 0.1) is 16.8 Å². The number of aromatic nitrogens is 2. The smallest absolute Gasteiger partial charge is 0.339 e. The van der Waals surface area contributed by atoms with Crippen molar-refractivity contribution in [2.45, 2.75) is 17.8 Å². The van der Waals surface area contributed by atoms with Crippen LogP contribution in [0.1, 0.15) is 21.9 Å². The van der Waals surface area contributed by atoms with Crippen LogP contribution in [0, 0.1) is 6.92 Å². The highest BCUT2D eigenvalue weighted by atomic mass is 32.2. The number of nitrogens with zero attached hydrogens (tertiary/aromatic N) is 1. The fourth-order valence-corrected chi connectivity index (χ4v) is 2.81. The van der Waals surface area contributed by atoms with Gasteiger partial charge in [-0.2, -0.15) is 0 Å². The number of thioether (sulfide) groups is 1. The van der Waals surface area contributed by atoms with Crippen molar-refractivity contribution in [1.82, 2.24) is 9.97 Å². The van der Waals surface area contributed by atoms with Gasteiger partial charge >= 0.3 is 5.97 Å². The van der Waals surface area contributed by atoms with Crippen LogP contribution in [0.2, 0.25) is 0 Å². The first kappa shape index (κ1) is 13.6. The molecule has 0 spiro atoms. The molecule has 0 fully saturated rings. The van der Waals surface area contributed by atoms with E-state index >= 15 is 0 Å². The van der Waals surface area contributed by atoms with Crippen molar-refractivity contribution in [3.8, 4) is 0 Å². The molecule has 7 heteroatoms. The number of nitrogens with two attached hydrogens (primary N) is 1. The minimum atomic E-state index is -0.980. The first-order chi connectivity index (χ1) is 10.0. The highest BCUT2D eigenvalue weighted by Crippen LogP contribution is 2.26. The number of anilines is 1. The number of carboxylic acid groups (broad SMARTS) is 1. The number of fused-ring (bicyclic) bond motifs is 1. The van der Waals surface area contributed by atoms with Crippen molar-refractivity contribution >= 4 is 34.5 Å². The summed E-state index contributed by atoms with van der Waals surface area (Å²) in [7, 11) is 0. The van der Waals surface area contributed by atoms with Crippen molar-refractivity contribution < 1.29 is 14.3 Å². The van der Waals surface area contributed by atoms with Crippen LogP contribution in [-0.2, 0) is 5.75 Å². The Morgan fingerprint density at radius 1 is 1.48 bits per heavy atom. The number of carbonyl (C=O) groups is 1. The average molecular weight is 303 g/mol. The van der Waals surface area contributed by atoms with Crippen molar-refractivity contribution in [3.05, 3.63) is 41.3 Å². The third-order valence-corrected chi connectivity index (χ3v) is 3.93. The molecule has 0 bridgehead atoms. The topological polar surface area (TPSA) is 105 Å². The lowest BCUT2D eigenvalue weighted by atomic mass is 10.2.